The smallest absolute Gasteiger partial charge is 0.298 e. The van der Waals surface area contributed by atoms with Gasteiger partial charge in [0.1, 0.15) is 17.1 Å². The van der Waals surface area contributed by atoms with E-state index >= 15 is 0 Å². The van der Waals surface area contributed by atoms with Gasteiger partial charge >= 0.3 is 0 Å². The van der Waals surface area contributed by atoms with E-state index in [0.717, 1.165) is 0 Å². The van der Waals surface area contributed by atoms with Crippen LogP contribution in [0.15, 0.2) is 24.4 Å². The van der Waals surface area contributed by atoms with Gasteiger partial charge < -0.3 is 4.74 Å². The van der Waals surface area contributed by atoms with E-state index in [-0.39, 0.29) is 11.1 Å². The summed E-state index contributed by atoms with van der Waals surface area (Å²) in [7, 11) is 1.45. The summed E-state index contributed by atoms with van der Waals surface area (Å²) >= 11 is 6.07. The Morgan fingerprint density at radius 1 is 1.55 bits per heavy atom. The molecule has 8 heteroatoms. The van der Waals surface area contributed by atoms with Gasteiger partial charge in [0.2, 0.25) is 0 Å². The Balaban J connectivity index is 2.46. The summed E-state index contributed by atoms with van der Waals surface area (Å²) in [6.45, 7) is 1.92. The van der Waals surface area contributed by atoms with E-state index in [9.17, 15) is 10.1 Å². The number of hydrogen-bond donors (Lipinski definition) is 0. The van der Waals surface area contributed by atoms with Crippen LogP contribution >= 0.6 is 11.6 Å². The van der Waals surface area contributed by atoms with Crippen LogP contribution in [0.2, 0.25) is 0 Å². The predicted octanol–water partition coefficient (Wildman–Crippen LogP) is 2.87. The van der Waals surface area contributed by atoms with Gasteiger partial charge in [0, 0.05) is 0 Å². The van der Waals surface area contributed by atoms with Gasteiger partial charge in [0.25, 0.3) is 5.69 Å². The lowest BCUT2D eigenvalue weighted by molar-refractivity contribution is -0.384. The third-order valence-electron chi connectivity index (χ3n) is 2.82. The Bertz CT molecular complexity index is 629. The lowest BCUT2D eigenvalue weighted by Crippen LogP contribution is -2.01. The topological polar surface area (TPSA) is 83.1 Å². The molecule has 0 aliphatic rings. The van der Waals surface area contributed by atoms with Crippen molar-refractivity contribution in [3.05, 3.63) is 40.2 Å². The first kappa shape index (κ1) is 14.3. The van der Waals surface area contributed by atoms with Gasteiger partial charge in [-0.1, -0.05) is 12.1 Å². The first-order valence-corrected chi connectivity index (χ1v) is 6.39. The maximum absolute atomic E-state index is 11.1. The van der Waals surface area contributed by atoms with E-state index in [0.29, 0.717) is 23.6 Å². The number of alkyl halides is 1. The Morgan fingerprint density at radius 2 is 2.30 bits per heavy atom. The summed E-state index contributed by atoms with van der Waals surface area (Å²) in [4.78, 5) is 10.6. The maximum Gasteiger partial charge on any atom is 0.298 e. The number of hydrogen-bond acceptors (Lipinski definition) is 5. The average Bonchev–Trinajstić information content (AvgIpc) is 2.95. The summed E-state index contributed by atoms with van der Waals surface area (Å²) in [6, 6.07) is 4.53. The van der Waals surface area contributed by atoms with Crippen molar-refractivity contribution < 1.29 is 9.66 Å². The Kier molecular flexibility index (Phi) is 4.19. The van der Waals surface area contributed by atoms with Gasteiger partial charge in [-0.15, -0.1) is 16.7 Å². The molecule has 0 aliphatic heterocycles. The SMILES string of the molecule is CCC(Cl)c1cn(-c2ccc(OC)cc2[N+](=O)[O-])nn1. The zero-order chi connectivity index (χ0) is 14.7. The normalized spacial score (nSPS) is 12.2. The van der Waals surface area contributed by atoms with Crippen LogP contribution in [0.1, 0.15) is 24.4 Å². The van der Waals surface area contributed by atoms with Crippen LogP contribution in [-0.2, 0) is 0 Å². The number of halogens is 1. The number of methoxy groups -OCH3 is 1. The van der Waals surface area contributed by atoms with Crippen molar-refractivity contribution in [3.8, 4) is 11.4 Å². The molecule has 0 aliphatic carbocycles. The molecule has 0 fully saturated rings. The Labute approximate surface area is 120 Å². The second-order valence-corrected chi connectivity index (χ2v) is 4.60. The molecule has 1 unspecified atom stereocenters. The molecular weight excluding hydrogens is 284 g/mol. The van der Waals surface area contributed by atoms with Gasteiger partial charge in [0.15, 0.2) is 0 Å². The minimum Gasteiger partial charge on any atom is -0.496 e. The molecule has 1 aromatic heterocycles. The van der Waals surface area contributed by atoms with Gasteiger partial charge in [-0.05, 0) is 18.6 Å². The van der Waals surface area contributed by atoms with Crippen LogP contribution in [0, 0.1) is 10.1 Å². The first-order valence-electron chi connectivity index (χ1n) is 5.96. The highest BCUT2D eigenvalue weighted by Gasteiger charge is 2.19. The lowest BCUT2D eigenvalue weighted by atomic mass is 10.2. The van der Waals surface area contributed by atoms with E-state index in [1.165, 1.54) is 17.9 Å². The van der Waals surface area contributed by atoms with E-state index in [1.807, 2.05) is 6.92 Å². The molecule has 0 saturated heterocycles. The molecule has 0 N–H and O–H groups in total. The molecule has 0 saturated carbocycles. The zero-order valence-electron chi connectivity index (χ0n) is 11.0. The van der Waals surface area contributed by atoms with Crippen molar-refractivity contribution in [2.75, 3.05) is 7.11 Å². The summed E-state index contributed by atoms with van der Waals surface area (Å²) < 4.78 is 6.33. The number of benzene rings is 1. The van der Waals surface area contributed by atoms with Gasteiger partial charge in [0.05, 0.1) is 29.7 Å². The largest absolute Gasteiger partial charge is 0.496 e. The molecule has 1 heterocycles. The fraction of sp³-hybridized carbons (Fsp3) is 0.333. The van der Waals surface area contributed by atoms with Crippen LogP contribution in [0.5, 0.6) is 5.75 Å². The Morgan fingerprint density at radius 3 is 2.90 bits per heavy atom. The monoisotopic (exact) mass is 296 g/mol. The van der Waals surface area contributed by atoms with Crippen LogP contribution in [0.4, 0.5) is 5.69 Å². The van der Waals surface area contributed by atoms with Crippen molar-refractivity contribution in [1.82, 2.24) is 15.0 Å². The summed E-state index contributed by atoms with van der Waals surface area (Å²) in [5.74, 6) is 0.407. The summed E-state index contributed by atoms with van der Waals surface area (Å²) in [5.41, 5.74) is 0.789. The number of rotatable bonds is 5. The highest BCUT2D eigenvalue weighted by Crippen LogP contribution is 2.28. The second-order valence-electron chi connectivity index (χ2n) is 4.08. The molecule has 20 heavy (non-hydrogen) atoms. The number of nitrogens with zero attached hydrogens (tertiary/aromatic N) is 4. The van der Waals surface area contributed by atoms with Crippen LogP contribution in [-0.4, -0.2) is 27.0 Å². The molecule has 0 spiro atoms. The van der Waals surface area contributed by atoms with Gasteiger partial charge in [-0.25, -0.2) is 4.68 Å². The van der Waals surface area contributed by atoms with Crippen LogP contribution in [0.3, 0.4) is 0 Å². The third kappa shape index (κ3) is 2.72. The first-order chi connectivity index (χ1) is 9.56. The van der Waals surface area contributed by atoms with Crippen molar-refractivity contribution in [2.45, 2.75) is 18.7 Å². The fourth-order valence-electron chi connectivity index (χ4n) is 1.72. The third-order valence-corrected chi connectivity index (χ3v) is 3.35. The summed E-state index contributed by atoms with van der Waals surface area (Å²) in [6.07, 6.45) is 2.29. The number of ether oxygens (including phenoxy) is 1. The van der Waals surface area contributed by atoms with Crippen LogP contribution in [0.25, 0.3) is 5.69 Å². The molecule has 0 radical (unpaired) electrons. The minimum atomic E-state index is -0.489. The highest BCUT2D eigenvalue weighted by atomic mass is 35.5. The molecule has 1 atom stereocenters. The maximum atomic E-state index is 11.1. The molecule has 0 amide bonds. The molecule has 1 aromatic carbocycles. The van der Waals surface area contributed by atoms with Crippen LogP contribution < -0.4 is 4.74 Å². The molecule has 7 nitrogen and oxygen atoms in total. The fourth-order valence-corrected chi connectivity index (χ4v) is 1.82. The molecule has 0 bridgehead atoms. The number of nitro benzene ring substituents is 1. The zero-order valence-corrected chi connectivity index (χ0v) is 11.7. The number of nitro groups is 1. The predicted molar refractivity (Wildman–Crippen MR) is 73.5 cm³/mol. The minimum absolute atomic E-state index is 0.108. The van der Waals surface area contributed by atoms with Crippen molar-refractivity contribution >= 4 is 17.3 Å². The second kappa shape index (κ2) is 5.87. The van der Waals surface area contributed by atoms with E-state index < -0.39 is 4.92 Å². The lowest BCUT2D eigenvalue weighted by Gasteiger charge is -2.04. The van der Waals surface area contributed by atoms with E-state index in [1.54, 1.807) is 18.3 Å². The van der Waals surface area contributed by atoms with Crippen molar-refractivity contribution in [2.24, 2.45) is 0 Å². The van der Waals surface area contributed by atoms with Gasteiger partial charge in [-0.3, -0.25) is 10.1 Å². The van der Waals surface area contributed by atoms with E-state index in [2.05, 4.69) is 10.3 Å². The molecule has 106 valence electrons. The quantitative estimate of drug-likeness (QED) is 0.481. The van der Waals surface area contributed by atoms with Crippen molar-refractivity contribution in [3.63, 3.8) is 0 Å². The van der Waals surface area contributed by atoms with Gasteiger partial charge in [-0.2, -0.15) is 0 Å². The molecular formula is C12H13ClN4O3. The number of aromatic nitrogens is 3. The van der Waals surface area contributed by atoms with Crippen molar-refractivity contribution in [1.29, 1.82) is 0 Å². The summed E-state index contributed by atoms with van der Waals surface area (Å²) in [5, 5.41) is 18.7. The van der Waals surface area contributed by atoms with E-state index in [4.69, 9.17) is 16.3 Å². The average molecular weight is 297 g/mol. The standard InChI is InChI=1S/C12H13ClN4O3/c1-3-9(13)10-7-16(15-14-10)11-5-4-8(20-2)6-12(11)17(18)19/h4-7,9H,3H2,1-2H3. The highest BCUT2D eigenvalue weighted by molar-refractivity contribution is 6.20. The molecule has 2 aromatic rings. The molecule has 2 rings (SSSR count). The Hall–Kier alpha value is -2.15.